The zero-order chi connectivity index (χ0) is 10.4. The summed E-state index contributed by atoms with van der Waals surface area (Å²) >= 11 is 0. The molecule has 0 aromatic heterocycles. The molecule has 0 saturated carbocycles. The highest BCUT2D eigenvalue weighted by atomic mass is 16.5. The van der Waals surface area contributed by atoms with Gasteiger partial charge in [-0.15, -0.1) is 0 Å². The predicted octanol–water partition coefficient (Wildman–Crippen LogP) is 2.16. The molecule has 2 heteroatoms. The van der Waals surface area contributed by atoms with Gasteiger partial charge in [0.1, 0.15) is 0 Å². The lowest BCUT2D eigenvalue weighted by molar-refractivity contribution is 0.119. The Morgan fingerprint density at radius 2 is 1.93 bits per heavy atom. The number of rotatable bonds is 5. The van der Waals surface area contributed by atoms with Crippen molar-refractivity contribution in [2.75, 3.05) is 20.7 Å². The molecule has 1 rings (SSSR count). The van der Waals surface area contributed by atoms with Gasteiger partial charge in [-0.1, -0.05) is 24.3 Å². The average Bonchev–Trinajstić information content (AvgIpc) is 2.26. The second-order valence-corrected chi connectivity index (χ2v) is 3.47. The number of hydrogen-bond acceptors (Lipinski definition) is 2. The third-order valence-corrected chi connectivity index (χ3v) is 2.47. The van der Waals surface area contributed by atoms with Crippen LogP contribution in [-0.2, 0) is 11.2 Å². The summed E-state index contributed by atoms with van der Waals surface area (Å²) in [5.41, 5.74) is 2.60. The van der Waals surface area contributed by atoms with E-state index in [0.717, 1.165) is 13.0 Å². The molecular formula is C12H19NO. The number of ether oxygens (including phenoxy) is 1. The molecule has 0 heterocycles. The number of hydrogen-bond donors (Lipinski definition) is 1. The van der Waals surface area contributed by atoms with Crippen LogP contribution in [-0.4, -0.2) is 20.7 Å². The second-order valence-electron chi connectivity index (χ2n) is 3.47. The van der Waals surface area contributed by atoms with E-state index in [4.69, 9.17) is 4.74 Å². The van der Waals surface area contributed by atoms with Gasteiger partial charge in [-0.05, 0) is 38.1 Å². The molecule has 0 aliphatic heterocycles. The number of methoxy groups -OCH3 is 1. The summed E-state index contributed by atoms with van der Waals surface area (Å²) in [5, 5.41) is 3.14. The van der Waals surface area contributed by atoms with Gasteiger partial charge in [0.05, 0.1) is 6.10 Å². The van der Waals surface area contributed by atoms with E-state index in [0.29, 0.717) is 0 Å². The van der Waals surface area contributed by atoms with Gasteiger partial charge < -0.3 is 10.1 Å². The first-order valence-electron chi connectivity index (χ1n) is 5.04. The molecule has 0 aliphatic carbocycles. The predicted molar refractivity (Wildman–Crippen MR) is 59.5 cm³/mol. The van der Waals surface area contributed by atoms with Gasteiger partial charge in [0, 0.05) is 7.11 Å². The van der Waals surface area contributed by atoms with Crippen LogP contribution in [0.4, 0.5) is 0 Å². The lowest BCUT2D eigenvalue weighted by atomic mass is 10.1. The number of benzene rings is 1. The maximum Gasteiger partial charge on any atom is 0.0793 e. The van der Waals surface area contributed by atoms with Crippen molar-refractivity contribution >= 4 is 0 Å². The highest BCUT2D eigenvalue weighted by Crippen LogP contribution is 2.16. The van der Waals surface area contributed by atoms with Gasteiger partial charge in [-0.3, -0.25) is 0 Å². The van der Waals surface area contributed by atoms with E-state index in [1.54, 1.807) is 7.11 Å². The second kappa shape index (κ2) is 5.78. The molecule has 0 radical (unpaired) electrons. The third kappa shape index (κ3) is 3.13. The van der Waals surface area contributed by atoms with Crippen LogP contribution in [0.2, 0.25) is 0 Å². The monoisotopic (exact) mass is 193 g/mol. The molecular weight excluding hydrogens is 174 g/mol. The first kappa shape index (κ1) is 11.2. The Kier molecular flexibility index (Phi) is 4.63. The van der Waals surface area contributed by atoms with E-state index in [1.165, 1.54) is 11.1 Å². The van der Waals surface area contributed by atoms with Gasteiger partial charge >= 0.3 is 0 Å². The zero-order valence-electron chi connectivity index (χ0n) is 9.21. The fourth-order valence-corrected chi connectivity index (χ4v) is 1.36. The van der Waals surface area contributed by atoms with Crippen LogP contribution in [0.15, 0.2) is 24.3 Å². The van der Waals surface area contributed by atoms with Gasteiger partial charge in [-0.25, -0.2) is 0 Å². The van der Waals surface area contributed by atoms with Crippen molar-refractivity contribution in [3.8, 4) is 0 Å². The fraction of sp³-hybridized carbons (Fsp3) is 0.500. The van der Waals surface area contributed by atoms with E-state index in [1.807, 2.05) is 7.05 Å². The van der Waals surface area contributed by atoms with Crippen molar-refractivity contribution in [2.45, 2.75) is 19.4 Å². The van der Waals surface area contributed by atoms with Crippen LogP contribution in [0.25, 0.3) is 0 Å². The zero-order valence-corrected chi connectivity index (χ0v) is 9.21. The number of likely N-dealkylation sites (N-methyl/N-ethyl adjacent to an activating group) is 1. The van der Waals surface area contributed by atoms with Crippen LogP contribution in [0.1, 0.15) is 24.2 Å². The van der Waals surface area contributed by atoms with Crippen molar-refractivity contribution in [3.63, 3.8) is 0 Å². The van der Waals surface area contributed by atoms with Crippen molar-refractivity contribution in [1.82, 2.24) is 5.32 Å². The van der Waals surface area contributed by atoms with Gasteiger partial charge in [0.15, 0.2) is 0 Å². The molecule has 78 valence electrons. The average molecular weight is 193 g/mol. The Balaban J connectivity index is 2.59. The summed E-state index contributed by atoms with van der Waals surface area (Å²) in [6.07, 6.45) is 1.27. The molecule has 1 aromatic carbocycles. The van der Waals surface area contributed by atoms with Crippen molar-refractivity contribution in [2.24, 2.45) is 0 Å². The Morgan fingerprint density at radius 3 is 2.43 bits per heavy atom. The summed E-state index contributed by atoms with van der Waals surface area (Å²) in [7, 11) is 3.71. The van der Waals surface area contributed by atoms with E-state index in [9.17, 15) is 0 Å². The Bertz CT molecular complexity index is 256. The highest BCUT2D eigenvalue weighted by Gasteiger charge is 2.02. The van der Waals surface area contributed by atoms with Crippen LogP contribution in [0.5, 0.6) is 0 Å². The van der Waals surface area contributed by atoms with E-state index in [-0.39, 0.29) is 6.10 Å². The normalized spacial score (nSPS) is 12.8. The third-order valence-electron chi connectivity index (χ3n) is 2.47. The maximum atomic E-state index is 5.24. The molecule has 1 aromatic rings. The first-order chi connectivity index (χ1) is 6.77. The molecule has 0 bridgehead atoms. The summed E-state index contributed by atoms with van der Waals surface area (Å²) in [5.74, 6) is 0. The smallest absolute Gasteiger partial charge is 0.0793 e. The van der Waals surface area contributed by atoms with Gasteiger partial charge in [0.2, 0.25) is 0 Å². The minimum Gasteiger partial charge on any atom is -0.377 e. The molecule has 1 N–H and O–H groups in total. The molecule has 0 fully saturated rings. The van der Waals surface area contributed by atoms with Crippen LogP contribution < -0.4 is 5.32 Å². The molecule has 1 unspecified atom stereocenters. The lowest BCUT2D eigenvalue weighted by Crippen LogP contribution is -2.10. The molecule has 0 amide bonds. The standard InChI is InChI=1S/C12H19NO/c1-10(14-3)12-6-4-11(5-7-12)8-9-13-2/h4-7,10,13H,8-9H2,1-3H3. The van der Waals surface area contributed by atoms with Crippen molar-refractivity contribution < 1.29 is 4.74 Å². The quantitative estimate of drug-likeness (QED) is 0.773. The maximum absolute atomic E-state index is 5.24. The van der Waals surface area contributed by atoms with Crippen molar-refractivity contribution in [1.29, 1.82) is 0 Å². The largest absolute Gasteiger partial charge is 0.377 e. The minimum absolute atomic E-state index is 0.188. The van der Waals surface area contributed by atoms with E-state index >= 15 is 0 Å². The topological polar surface area (TPSA) is 21.3 Å². The molecule has 0 spiro atoms. The Morgan fingerprint density at radius 1 is 1.29 bits per heavy atom. The summed E-state index contributed by atoms with van der Waals surface area (Å²) in [6, 6.07) is 8.61. The van der Waals surface area contributed by atoms with Gasteiger partial charge in [0.25, 0.3) is 0 Å². The van der Waals surface area contributed by atoms with E-state index < -0.39 is 0 Å². The minimum atomic E-state index is 0.188. The Hall–Kier alpha value is -0.860. The fourth-order valence-electron chi connectivity index (χ4n) is 1.36. The SMILES string of the molecule is CNCCc1ccc(C(C)OC)cc1. The summed E-state index contributed by atoms with van der Waals surface area (Å²) in [4.78, 5) is 0. The molecule has 14 heavy (non-hydrogen) atoms. The molecule has 0 saturated heterocycles. The summed E-state index contributed by atoms with van der Waals surface area (Å²) in [6.45, 7) is 3.09. The first-order valence-corrected chi connectivity index (χ1v) is 5.04. The Labute approximate surface area is 86.3 Å². The van der Waals surface area contributed by atoms with Crippen LogP contribution in [0, 0.1) is 0 Å². The highest BCUT2D eigenvalue weighted by molar-refractivity contribution is 5.24. The van der Waals surface area contributed by atoms with Crippen LogP contribution in [0.3, 0.4) is 0 Å². The molecule has 2 nitrogen and oxygen atoms in total. The molecule has 0 aliphatic rings. The summed E-state index contributed by atoms with van der Waals surface area (Å²) < 4.78 is 5.24. The van der Waals surface area contributed by atoms with Crippen molar-refractivity contribution in [3.05, 3.63) is 35.4 Å². The van der Waals surface area contributed by atoms with Gasteiger partial charge in [-0.2, -0.15) is 0 Å². The number of nitrogens with one attached hydrogen (secondary N) is 1. The lowest BCUT2D eigenvalue weighted by Gasteiger charge is -2.10. The van der Waals surface area contributed by atoms with Crippen LogP contribution >= 0.6 is 0 Å². The van der Waals surface area contributed by atoms with E-state index in [2.05, 4.69) is 36.5 Å². The molecule has 1 atom stereocenters.